The molecule has 186 valence electrons. The molecule has 0 radical (unpaired) electrons. The highest BCUT2D eigenvalue weighted by Crippen LogP contribution is 2.41. The van der Waals surface area contributed by atoms with Crippen LogP contribution in [0.25, 0.3) is 0 Å². The van der Waals surface area contributed by atoms with E-state index in [1.54, 1.807) is 24.1 Å². The van der Waals surface area contributed by atoms with Crippen LogP contribution in [-0.4, -0.2) is 66.3 Å². The van der Waals surface area contributed by atoms with E-state index in [0.717, 1.165) is 5.56 Å². The molecule has 2 fully saturated rings. The predicted molar refractivity (Wildman–Crippen MR) is 130 cm³/mol. The molecular weight excluding hydrogens is 473 g/mol. The molecule has 2 aromatic carbocycles. The molecule has 2 aliphatic rings. The number of nitrogens with one attached hydrogen (secondary N) is 1. The normalized spacial score (nSPS) is 22.6. The van der Waals surface area contributed by atoms with Crippen LogP contribution in [0.4, 0.5) is 9.18 Å². The summed E-state index contributed by atoms with van der Waals surface area (Å²) in [5.74, 6) is -0.944. The van der Waals surface area contributed by atoms with Crippen LogP contribution in [0.15, 0.2) is 48.5 Å². The van der Waals surface area contributed by atoms with Gasteiger partial charge in [0, 0.05) is 57.0 Å². The van der Waals surface area contributed by atoms with E-state index in [1.807, 2.05) is 12.1 Å². The molecule has 0 bridgehead atoms. The van der Waals surface area contributed by atoms with Crippen LogP contribution in [0.1, 0.15) is 31.2 Å². The zero-order valence-corrected chi connectivity index (χ0v) is 20.6. The van der Waals surface area contributed by atoms with Crippen LogP contribution < -0.4 is 10.1 Å². The van der Waals surface area contributed by atoms with Crippen LogP contribution in [0.2, 0.25) is 5.02 Å². The molecule has 4 rings (SSSR count). The van der Waals surface area contributed by atoms with E-state index >= 15 is 0 Å². The van der Waals surface area contributed by atoms with E-state index in [4.69, 9.17) is 16.3 Å². The first-order valence-corrected chi connectivity index (χ1v) is 12.1. The number of rotatable bonds is 5. The van der Waals surface area contributed by atoms with Crippen molar-refractivity contribution in [2.45, 2.75) is 31.2 Å². The van der Waals surface area contributed by atoms with Crippen molar-refractivity contribution in [3.05, 3.63) is 64.9 Å². The molecule has 0 spiro atoms. The van der Waals surface area contributed by atoms with Gasteiger partial charge in [0.05, 0.1) is 0 Å². The van der Waals surface area contributed by atoms with E-state index in [2.05, 4.69) is 5.32 Å². The fourth-order valence-electron chi connectivity index (χ4n) is 5.21. The Hall–Kier alpha value is -2.97. The number of likely N-dealkylation sites (N-methyl/N-ethyl adjacent to an activating group) is 1. The summed E-state index contributed by atoms with van der Waals surface area (Å²) in [5, 5.41) is 3.89. The predicted octanol–water partition coefficient (Wildman–Crippen LogP) is 3.86. The molecule has 9 heteroatoms. The molecule has 2 saturated heterocycles. The molecule has 2 aromatic rings. The van der Waals surface area contributed by atoms with Gasteiger partial charge in [-0.1, -0.05) is 23.7 Å². The Morgan fingerprint density at radius 1 is 1.09 bits per heavy atom. The van der Waals surface area contributed by atoms with Gasteiger partial charge in [-0.25, -0.2) is 9.18 Å². The Kier molecular flexibility index (Phi) is 7.42. The van der Waals surface area contributed by atoms with Crippen LogP contribution in [0.3, 0.4) is 0 Å². The second-order valence-corrected chi connectivity index (χ2v) is 9.62. The summed E-state index contributed by atoms with van der Waals surface area (Å²) in [6.45, 7) is 3.30. The van der Waals surface area contributed by atoms with Crippen molar-refractivity contribution in [3.63, 3.8) is 0 Å². The third-order valence-corrected chi connectivity index (χ3v) is 7.47. The number of ketones is 1. The summed E-state index contributed by atoms with van der Waals surface area (Å²) in [5.41, 5.74) is -0.316. The highest BCUT2D eigenvalue weighted by atomic mass is 35.5. The van der Waals surface area contributed by atoms with Crippen molar-refractivity contribution in [2.24, 2.45) is 5.92 Å². The summed E-state index contributed by atoms with van der Waals surface area (Å²) >= 11 is 6.10. The van der Waals surface area contributed by atoms with Gasteiger partial charge in [0.1, 0.15) is 17.1 Å². The third-order valence-electron chi connectivity index (χ3n) is 7.22. The number of hydrogen-bond donors (Lipinski definition) is 1. The lowest BCUT2D eigenvalue weighted by Crippen LogP contribution is -2.62. The molecule has 0 saturated carbocycles. The van der Waals surface area contributed by atoms with Crippen molar-refractivity contribution in [1.29, 1.82) is 0 Å². The van der Waals surface area contributed by atoms with Crippen LogP contribution in [-0.2, 0) is 9.59 Å². The van der Waals surface area contributed by atoms with Gasteiger partial charge in [0.2, 0.25) is 5.91 Å². The van der Waals surface area contributed by atoms with E-state index in [-0.39, 0.29) is 35.8 Å². The zero-order chi connectivity index (χ0) is 25.2. The molecule has 2 aliphatic heterocycles. The Labute approximate surface area is 209 Å². The Morgan fingerprint density at radius 2 is 1.71 bits per heavy atom. The quantitative estimate of drug-likeness (QED) is 0.673. The lowest BCUT2D eigenvalue weighted by molar-refractivity contribution is -0.138. The number of Topliss-reactive ketones (excluding diaryl/α,β-unsaturated/α-hetero) is 1. The molecule has 0 aromatic heterocycles. The number of nitrogens with zero attached hydrogens (tertiary/aromatic N) is 2. The smallest absolute Gasteiger partial charge is 0.410 e. The third kappa shape index (κ3) is 5.04. The first kappa shape index (κ1) is 25.1. The van der Waals surface area contributed by atoms with Crippen molar-refractivity contribution >= 4 is 29.4 Å². The molecule has 35 heavy (non-hydrogen) atoms. The summed E-state index contributed by atoms with van der Waals surface area (Å²) in [6, 6.07) is 12.4. The fraction of sp³-hybridized carbons (Fsp3) is 0.423. The van der Waals surface area contributed by atoms with E-state index in [0.29, 0.717) is 37.5 Å². The van der Waals surface area contributed by atoms with Gasteiger partial charge in [0.25, 0.3) is 0 Å². The van der Waals surface area contributed by atoms with Crippen LogP contribution >= 0.6 is 11.6 Å². The minimum Gasteiger partial charge on any atom is -0.410 e. The lowest BCUT2D eigenvalue weighted by Gasteiger charge is -2.44. The number of carbonyl (C=O) groups excluding carboxylic acids is 3. The molecule has 7 nitrogen and oxygen atoms in total. The standard InChI is InChI=1S/C26H29ClFN3O4/c1-17(32)31-13-11-19(12-14-31)24(33)26(16-29-15-23(26)18-3-5-20(27)6-4-18)30(2)25(34)35-22-9-7-21(28)8-10-22/h3-10,19,23,29H,11-16H2,1-2H3/t23-,26+/m0/s1. The van der Waals surface area contributed by atoms with Crippen LogP contribution in [0.5, 0.6) is 5.75 Å². The number of benzene rings is 2. The number of hydrogen-bond acceptors (Lipinski definition) is 5. The monoisotopic (exact) mass is 501 g/mol. The number of amides is 2. The largest absolute Gasteiger partial charge is 0.415 e. The number of ether oxygens (including phenoxy) is 1. The number of piperidine rings is 1. The molecule has 2 amide bonds. The SMILES string of the molecule is CC(=O)N1CCC(C(=O)[C@@]2(N(C)C(=O)Oc3ccc(F)cc3)CNC[C@H]2c2ccc(Cl)cc2)CC1. The van der Waals surface area contributed by atoms with Gasteiger partial charge >= 0.3 is 6.09 Å². The van der Waals surface area contributed by atoms with Crippen LogP contribution in [0, 0.1) is 11.7 Å². The topological polar surface area (TPSA) is 79.0 Å². The summed E-state index contributed by atoms with van der Waals surface area (Å²) < 4.78 is 18.8. The zero-order valence-electron chi connectivity index (χ0n) is 19.8. The Balaban J connectivity index is 1.66. The highest BCUT2D eigenvalue weighted by Gasteiger charge is 2.56. The maximum atomic E-state index is 14.2. The van der Waals surface area contributed by atoms with E-state index in [9.17, 15) is 18.8 Å². The molecular formula is C26H29ClFN3O4. The lowest BCUT2D eigenvalue weighted by atomic mass is 9.72. The maximum absolute atomic E-state index is 14.2. The average molecular weight is 502 g/mol. The van der Waals surface area contributed by atoms with E-state index in [1.165, 1.54) is 36.1 Å². The van der Waals surface area contributed by atoms with Gasteiger partial charge in [-0.2, -0.15) is 0 Å². The molecule has 2 atom stereocenters. The summed E-state index contributed by atoms with van der Waals surface area (Å²) in [4.78, 5) is 42.4. The number of carbonyl (C=O) groups is 3. The summed E-state index contributed by atoms with van der Waals surface area (Å²) in [6.07, 6.45) is 0.372. The van der Waals surface area contributed by atoms with Crippen molar-refractivity contribution < 1.29 is 23.5 Å². The van der Waals surface area contributed by atoms with Gasteiger partial charge < -0.3 is 15.0 Å². The first-order valence-electron chi connectivity index (χ1n) is 11.7. The van der Waals surface area contributed by atoms with Crippen molar-refractivity contribution in [1.82, 2.24) is 15.1 Å². The molecule has 2 heterocycles. The molecule has 0 aliphatic carbocycles. The Morgan fingerprint density at radius 3 is 2.31 bits per heavy atom. The minimum atomic E-state index is -1.20. The molecule has 1 N–H and O–H groups in total. The van der Waals surface area contributed by atoms with Gasteiger partial charge in [0.15, 0.2) is 5.78 Å². The number of likely N-dealkylation sites (tertiary alicyclic amines) is 1. The fourth-order valence-corrected chi connectivity index (χ4v) is 5.34. The first-order chi connectivity index (χ1) is 16.7. The highest BCUT2D eigenvalue weighted by molar-refractivity contribution is 6.30. The Bertz CT molecular complexity index is 1090. The van der Waals surface area contributed by atoms with E-state index < -0.39 is 17.4 Å². The van der Waals surface area contributed by atoms with Gasteiger partial charge in [-0.15, -0.1) is 0 Å². The average Bonchev–Trinajstić information content (AvgIpc) is 3.31. The summed E-state index contributed by atoms with van der Waals surface area (Å²) in [7, 11) is 1.57. The van der Waals surface area contributed by atoms with Crippen molar-refractivity contribution in [3.8, 4) is 5.75 Å². The minimum absolute atomic E-state index is 0.00724. The van der Waals surface area contributed by atoms with Gasteiger partial charge in [-0.05, 0) is 54.8 Å². The second kappa shape index (κ2) is 10.3. The number of halogens is 2. The second-order valence-electron chi connectivity index (χ2n) is 9.18. The maximum Gasteiger partial charge on any atom is 0.415 e. The van der Waals surface area contributed by atoms with Crippen molar-refractivity contribution in [2.75, 3.05) is 33.2 Å². The van der Waals surface area contributed by atoms with Gasteiger partial charge in [-0.3, -0.25) is 14.5 Å². The molecule has 0 unspecified atom stereocenters.